The average Bonchev–Trinajstić information content (AvgIpc) is 2.92. The molecule has 0 aliphatic rings. The molecule has 0 radical (unpaired) electrons. The van der Waals surface area contributed by atoms with Gasteiger partial charge in [0, 0.05) is 17.1 Å². The summed E-state index contributed by atoms with van der Waals surface area (Å²) < 4.78 is 0. The Morgan fingerprint density at radius 2 is 1.80 bits per heavy atom. The molecule has 0 saturated heterocycles. The number of carbonyl (C=O) groups is 1. The molecule has 98 valence electrons. The molecule has 0 unspecified atom stereocenters. The lowest BCUT2D eigenvalue weighted by atomic mass is 10.2. The smallest absolute Gasteiger partial charge is 0.273 e. The number of hydrogen-bond donors (Lipinski definition) is 2. The number of benzene rings is 2. The van der Waals surface area contributed by atoms with E-state index in [0.717, 1.165) is 16.5 Å². The van der Waals surface area contributed by atoms with Crippen molar-refractivity contribution in [2.45, 2.75) is 0 Å². The van der Waals surface area contributed by atoms with Gasteiger partial charge < -0.3 is 4.98 Å². The van der Waals surface area contributed by atoms with Crippen LogP contribution >= 0.6 is 0 Å². The molecule has 0 aliphatic heterocycles. The lowest BCUT2D eigenvalue weighted by Crippen LogP contribution is -2.17. The van der Waals surface area contributed by atoms with Crippen molar-refractivity contribution in [3.8, 4) is 0 Å². The van der Waals surface area contributed by atoms with E-state index < -0.39 is 0 Å². The molecule has 3 aromatic rings. The zero-order valence-electron chi connectivity index (χ0n) is 10.7. The number of para-hydroxylation sites is 1. The Kier molecular flexibility index (Phi) is 3.29. The molecule has 2 aromatic carbocycles. The number of nitrogens with zero attached hydrogens (tertiary/aromatic N) is 1. The maximum Gasteiger partial charge on any atom is 0.273 e. The highest BCUT2D eigenvalue weighted by molar-refractivity contribution is 6.06. The van der Waals surface area contributed by atoms with Gasteiger partial charge in [0.05, 0.1) is 11.8 Å². The number of aromatic nitrogens is 1. The molecule has 0 bridgehead atoms. The van der Waals surface area contributed by atoms with Gasteiger partial charge in [-0.3, -0.25) is 4.79 Å². The van der Waals surface area contributed by atoms with Gasteiger partial charge in [-0.25, -0.2) is 5.43 Å². The molecule has 0 aliphatic carbocycles. The predicted octanol–water partition coefficient (Wildman–Crippen LogP) is 2.93. The number of amides is 1. The van der Waals surface area contributed by atoms with Gasteiger partial charge in [0.1, 0.15) is 0 Å². The van der Waals surface area contributed by atoms with Crippen molar-refractivity contribution in [2.75, 3.05) is 0 Å². The van der Waals surface area contributed by atoms with Crippen LogP contribution in [0.4, 0.5) is 0 Å². The van der Waals surface area contributed by atoms with E-state index in [-0.39, 0.29) is 5.91 Å². The summed E-state index contributed by atoms with van der Waals surface area (Å²) in [7, 11) is 0. The van der Waals surface area contributed by atoms with Crippen LogP contribution in [0.25, 0.3) is 10.9 Å². The minimum absolute atomic E-state index is 0.227. The molecule has 20 heavy (non-hydrogen) atoms. The van der Waals surface area contributed by atoms with E-state index in [4.69, 9.17) is 0 Å². The minimum Gasteiger partial charge on any atom is -0.360 e. The molecule has 3 rings (SSSR count). The normalized spacial score (nSPS) is 11.0. The Bertz CT molecular complexity index is 760. The van der Waals surface area contributed by atoms with Crippen LogP contribution in [-0.4, -0.2) is 17.1 Å². The van der Waals surface area contributed by atoms with Crippen LogP contribution in [0.1, 0.15) is 15.9 Å². The van der Waals surface area contributed by atoms with E-state index in [0.29, 0.717) is 5.56 Å². The molecule has 0 spiro atoms. The molecule has 0 atom stereocenters. The fraction of sp³-hybridized carbons (Fsp3) is 0. The van der Waals surface area contributed by atoms with Gasteiger partial charge in [0.15, 0.2) is 0 Å². The quantitative estimate of drug-likeness (QED) is 0.554. The predicted molar refractivity (Wildman–Crippen MR) is 79.8 cm³/mol. The van der Waals surface area contributed by atoms with E-state index in [1.165, 1.54) is 0 Å². The van der Waals surface area contributed by atoms with Crippen molar-refractivity contribution in [2.24, 2.45) is 5.10 Å². The van der Waals surface area contributed by atoms with Crippen molar-refractivity contribution < 1.29 is 4.79 Å². The van der Waals surface area contributed by atoms with E-state index in [1.807, 2.05) is 54.6 Å². The van der Waals surface area contributed by atoms with E-state index in [2.05, 4.69) is 15.5 Å². The van der Waals surface area contributed by atoms with Crippen LogP contribution in [0, 0.1) is 0 Å². The van der Waals surface area contributed by atoms with Crippen molar-refractivity contribution in [3.05, 3.63) is 71.9 Å². The first-order chi connectivity index (χ1) is 9.84. The molecular weight excluding hydrogens is 250 g/mol. The van der Waals surface area contributed by atoms with Crippen LogP contribution in [-0.2, 0) is 0 Å². The zero-order chi connectivity index (χ0) is 13.8. The highest BCUT2D eigenvalue weighted by atomic mass is 16.2. The van der Waals surface area contributed by atoms with Gasteiger partial charge >= 0.3 is 0 Å². The molecule has 4 heteroatoms. The summed E-state index contributed by atoms with van der Waals surface area (Å²) in [5.41, 5.74) is 5.00. The Labute approximate surface area is 116 Å². The van der Waals surface area contributed by atoms with Gasteiger partial charge in [-0.1, -0.05) is 48.5 Å². The highest BCUT2D eigenvalue weighted by Crippen LogP contribution is 2.17. The fourth-order valence-corrected chi connectivity index (χ4v) is 2.02. The number of fused-ring (bicyclic) bond motifs is 1. The van der Waals surface area contributed by atoms with E-state index in [1.54, 1.807) is 12.4 Å². The first-order valence-electron chi connectivity index (χ1n) is 6.29. The van der Waals surface area contributed by atoms with Gasteiger partial charge in [0.25, 0.3) is 5.91 Å². The molecule has 4 nitrogen and oxygen atoms in total. The monoisotopic (exact) mass is 263 g/mol. The maximum atomic E-state index is 12.1. The number of rotatable bonds is 3. The molecule has 2 N–H and O–H groups in total. The maximum absolute atomic E-state index is 12.1. The first-order valence-corrected chi connectivity index (χ1v) is 6.29. The molecule has 0 fully saturated rings. The van der Waals surface area contributed by atoms with Gasteiger partial charge in [-0.2, -0.15) is 5.10 Å². The van der Waals surface area contributed by atoms with Crippen molar-refractivity contribution >= 4 is 23.0 Å². The minimum atomic E-state index is -0.227. The van der Waals surface area contributed by atoms with Crippen LogP contribution in [0.3, 0.4) is 0 Å². The highest BCUT2D eigenvalue weighted by Gasteiger charge is 2.10. The summed E-state index contributed by atoms with van der Waals surface area (Å²) in [6, 6.07) is 17.3. The Morgan fingerprint density at radius 1 is 1.05 bits per heavy atom. The second-order valence-corrected chi connectivity index (χ2v) is 4.36. The van der Waals surface area contributed by atoms with Crippen LogP contribution < -0.4 is 5.43 Å². The Morgan fingerprint density at radius 3 is 2.65 bits per heavy atom. The number of carbonyl (C=O) groups excluding carboxylic acids is 1. The molecule has 1 amide bonds. The number of hydrogen-bond acceptors (Lipinski definition) is 2. The number of aromatic amines is 1. The Hall–Kier alpha value is -2.88. The van der Waals surface area contributed by atoms with Crippen molar-refractivity contribution in [3.63, 3.8) is 0 Å². The van der Waals surface area contributed by atoms with Crippen LogP contribution in [0.2, 0.25) is 0 Å². The molecular formula is C16H13N3O. The molecule has 0 saturated carbocycles. The third-order valence-corrected chi connectivity index (χ3v) is 3.01. The van der Waals surface area contributed by atoms with E-state index in [9.17, 15) is 4.79 Å². The summed E-state index contributed by atoms with van der Waals surface area (Å²) in [6.07, 6.45) is 3.31. The third-order valence-electron chi connectivity index (χ3n) is 3.01. The third kappa shape index (κ3) is 2.44. The summed E-state index contributed by atoms with van der Waals surface area (Å²) in [5, 5.41) is 4.85. The number of nitrogens with one attached hydrogen (secondary N) is 2. The number of hydrazone groups is 1. The average molecular weight is 263 g/mol. The lowest BCUT2D eigenvalue weighted by Gasteiger charge is -1.98. The fourth-order valence-electron chi connectivity index (χ4n) is 2.02. The molecule has 1 heterocycles. The summed E-state index contributed by atoms with van der Waals surface area (Å²) in [4.78, 5) is 15.1. The van der Waals surface area contributed by atoms with Crippen molar-refractivity contribution in [1.29, 1.82) is 0 Å². The topological polar surface area (TPSA) is 57.2 Å². The second-order valence-electron chi connectivity index (χ2n) is 4.36. The summed E-state index contributed by atoms with van der Waals surface area (Å²) in [5.74, 6) is -0.227. The SMILES string of the molecule is O=C(N/N=C/c1ccccc1)c1c[nH]c2ccccc12. The largest absolute Gasteiger partial charge is 0.360 e. The van der Waals surface area contributed by atoms with Crippen molar-refractivity contribution in [1.82, 2.24) is 10.4 Å². The van der Waals surface area contributed by atoms with Crippen LogP contribution in [0.5, 0.6) is 0 Å². The zero-order valence-corrected chi connectivity index (χ0v) is 10.7. The first kappa shape index (κ1) is 12.2. The lowest BCUT2D eigenvalue weighted by molar-refractivity contribution is 0.0957. The van der Waals surface area contributed by atoms with Gasteiger partial charge in [0.2, 0.25) is 0 Å². The van der Waals surface area contributed by atoms with Gasteiger partial charge in [-0.15, -0.1) is 0 Å². The van der Waals surface area contributed by atoms with Crippen LogP contribution in [0.15, 0.2) is 65.9 Å². The molecule has 1 aromatic heterocycles. The van der Waals surface area contributed by atoms with E-state index >= 15 is 0 Å². The Balaban J connectivity index is 1.75. The summed E-state index contributed by atoms with van der Waals surface area (Å²) >= 11 is 0. The number of H-pyrrole nitrogens is 1. The summed E-state index contributed by atoms with van der Waals surface area (Å²) in [6.45, 7) is 0. The van der Waals surface area contributed by atoms with Gasteiger partial charge in [-0.05, 0) is 11.6 Å². The second kappa shape index (κ2) is 5.40. The standard InChI is InChI=1S/C16H13N3O/c20-16(19-18-10-12-6-2-1-3-7-12)14-11-17-15-9-5-4-8-13(14)15/h1-11,17H,(H,19,20)/b18-10+.